The van der Waals surface area contributed by atoms with Crippen molar-refractivity contribution in [1.82, 2.24) is 0 Å². The Hall–Kier alpha value is -2.81. The highest BCUT2D eigenvalue weighted by atomic mass is 14.5. The standard InChI is InChI=1S/C8N5/c9-2-1-7(3-10)8(4-11,5-12)6-13/q-1. The normalized spacial score (nSPS) is 9.62. The van der Waals surface area contributed by atoms with E-state index in [1.165, 1.54) is 30.3 Å². The molecule has 0 saturated carbocycles. The molecule has 0 aromatic rings. The van der Waals surface area contributed by atoms with Gasteiger partial charge in [-0.05, 0) is 6.07 Å². The quantitative estimate of drug-likeness (QED) is 0.410. The Balaban J connectivity index is 5.57. The Morgan fingerprint density at radius 1 is 0.923 bits per heavy atom. The van der Waals surface area contributed by atoms with E-state index in [2.05, 4.69) is 0 Å². The molecule has 0 aliphatic heterocycles. The summed E-state index contributed by atoms with van der Waals surface area (Å²) in [5.41, 5.74) is -2.80. The molecule has 0 atom stereocenters. The van der Waals surface area contributed by atoms with Crippen molar-refractivity contribution in [2.45, 2.75) is 0 Å². The molecule has 0 N–H and O–H groups in total. The van der Waals surface area contributed by atoms with Crippen molar-refractivity contribution in [3.05, 3.63) is 11.6 Å². The van der Waals surface area contributed by atoms with Crippen LogP contribution in [0, 0.1) is 68.1 Å². The van der Waals surface area contributed by atoms with Gasteiger partial charge in [0.2, 0.25) is 5.41 Å². The first kappa shape index (κ1) is 10.2. The fourth-order valence-corrected chi connectivity index (χ4v) is 0.504. The van der Waals surface area contributed by atoms with Gasteiger partial charge in [-0.1, -0.05) is 0 Å². The molecule has 0 saturated heterocycles. The van der Waals surface area contributed by atoms with Crippen molar-refractivity contribution in [3.8, 4) is 30.3 Å². The lowest BCUT2D eigenvalue weighted by Crippen LogP contribution is -2.15. The van der Waals surface area contributed by atoms with Gasteiger partial charge < -0.3 is 5.26 Å². The van der Waals surface area contributed by atoms with Gasteiger partial charge in [0.25, 0.3) is 0 Å². The summed E-state index contributed by atoms with van der Waals surface area (Å²) in [5.74, 6) is 0. The fourth-order valence-electron chi connectivity index (χ4n) is 0.504. The van der Waals surface area contributed by atoms with E-state index in [9.17, 15) is 0 Å². The van der Waals surface area contributed by atoms with E-state index < -0.39 is 11.0 Å². The summed E-state index contributed by atoms with van der Waals surface area (Å²) < 4.78 is 0. The number of rotatable bonds is 1. The largest absolute Gasteiger partial charge is 0.329 e. The van der Waals surface area contributed by atoms with Gasteiger partial charge >= 0.3 is 0 Å². The van der Waals surface area contributed by atoms with Crippen molar-refractivity contribution in [3.63, 3.8) is 0 Å². The summed E-state index contributed by atoms with van der Waals surface area (Å²) >= 11 is 0. The second-order valence-electron chi connectivity index (χ2n) is 1.81. The lowest BCUT2D eigenvalue weighted by molar-refractivity contribution is 0.832. The van der Waals surface area contributed by atoms with Crippen molar-refractivity contribution in [2.24, 2.45) is 5.41 Å². The van der Waals surface area contributed by atoms with E-state index in [4.69, 9.17) is 26.3 Å². The maximum absolute atomic E-state index is 8.49. The summed E-state index contributed by atoms with van der Waals surface area (Å²) in [6.07, 6.45) is 1.82. The number of hydrogen-bond acceptors (Lipinski definition) is 5. The van der Waals surface area contributed by atoms with E-state index in [0.717, 1.165) is 0 Å². The molecule has 58 valence electrons. The molecule has 5 nitrogen and oxygen atoms in total. The highest BCUT2D eigenvalue weighted by molar-refractivity contribution is 5.48. The highest BCUT2D eigenvalue weighted by Crippen LogP contribution is 2.23. The summed E-state index contributed by atoms with van der Waals surface area (Å²) in [6, 6.07) is 6.84. The van der Waals surface area contributed by atoms with Crippen LogP contribution < -0.4 is 0 Å². The van der Waals surface area contributed by atoms with Crippen LogP contribution in [0.5, 0.6) is 0 Å². The van der Waals surface area contributed by atoms with Crippen LogP contribution in [0.1, 0.15) is 0 Å². The van der Waals surface area contributed by atoms with Crippen molar-refractivity contribution < 1.29 is 0 Å². The molecule has 13 heavy (non-hydrogen) atoms. The lowest BCUT2D eigenvalue weighted by Gasteiger charge is -2.12. The molecule has 0 amide bonds. The topological polar surface area (TPSA) is 119 Å². The first-order chi connectivity index (χ1) is 6.20. The van der Waals surface area contributed by atoms with Gasteiger partial charge in [-0.3, -0.25) is 0 Å². The van der Waals surface area contributed by atoms with Crippen LogP contribution in [0.25, 0.3) is 0 Å². The van der Waals surface area contributed by atoms with E-state index in [1.807, 2.05) is 6.08 Å². The third-order valence-electron chi connectivity index (χ3n) is 1.17. The third-order valence-corrected chi connectivity index (χ3v) is 1.17. The molecule has 0 fully saturated rings. The molecule has 0 radical (unpaired) electrons. The van der Waals surface area contributed by atoms with Gasteiger partial charge in [-0.2, -0.15) is 15.8 Å². The Kier molecular flexibility index (Phi) is 3.25. The maximum atomic E-state index is 8.49. The molecule has 0 rings (SSSR count). The van der Waals surface area contributed by atoms with Crippen LogP contribution >= 0.6 is 0 Å². The molecular weight excluding hydrogens is 166 g/mol. The highest BCUT2D eigenvalue weighted by Gasteiger charge is 2.29. The molecule has 0 aliphatic rings. The van der Waals surface area contributed by atoms with Gasteiger partial charge in [0, 0.05) is 0 Å². The Morgan fingerprint density at radius 3 is 1.62 bits per heavy atom. The second kappa shape index (κ2) is 4.15. The summed E-state index contributed by atoms with van der Waals surface area (Å²) in [4.78, 5) is 0. The molecule has 5 heteroatoms. The van der Waals surface area contributed by atoms with Crippen LogP contribution in [-0.4, -0.2) is 0 Å². The number of nitriles is 5. The Bertz CT molecular complexity index is 401. The summed E-state index contributed by atoms with van der Waals surface area (Å²) in [5, 5.41) is 42.1. The SMILES string of the molecule is N#C[C-]=C(C#N)C(C#N)(C#N)C#N. The molecule has 0 aliphatic carbocycles. The monoisotopic (exact) mass is 166 g/mol. The average Bonchev–Trinajstić information content (AvgIpc) is 2.19. The molecule has 0 aromatic heterocycles. The second-order valence-corrected chi connectivity index (χ2v) is 1.81. The van der Waals surface area contributed by atoms with E-state index in [1.54, 1.807) is 0 Å². The number of allylic oxidation sites excluding steroid dienone is 2. The first-order valence-electron chi connectivity index (χ1n) is 2.87. The van der Waals surface area contributed by atoms with Gasteiger partial charge in [-0.15, -0.1) is 17.7 Å². The third kappa shape index (κ3) is 1.61. The zero-order valence-electron chi connectivity index (χ0n) is 6.24. The van der Waals surface area contributed by atoms with Crippen LogP contribution in [0.2, 0.25) is 0 Å². The molecule has 0 heterocycles. The maximum Gasteiger partial charge on any atom is 0.229 e. The van der Waals surface area contributed by atoms with Crippen LogP contribution in [0.15, 0.2) is 5.57 Å². The smallest absolute Gasteiger partial charge is 0.229 e. The average molecular weight is 166 g/mol. The molecular formula is C8N5-. The Morgan fingerprint density at radius 2 is 1.38 bits per heavy atom. The predicted molar refractivity (Wildman–Crippen MR) is 37.3 cm³/mol. The zero-order valence-corrected chi connectivity index (χ0v) is 6.24. The van der Waals surface area contributed by atoms with Crippen molar-refractivity contribution in [1.29, 1.82) is 26.3 Å². The van der Waals surface area contributed by atoms with E-state index in [-0.39, 0.29) is 0 Å². The molecule has 0 spiro atoms. The van der Waals surface area contributed by atoms with Crippen molar-refractivity contribution >= 4 is 0 Å². The molecule has 0 aromatic carbocycles. The minimum Gasteiger partial charge on any atom is -0.329 e. The molecule has 0 unspecified atom stereocenters. The minimum atomic E-state index is -2.22. The van der Waals surface area contributed by atoms with Crippen molar-refractivity contribution in [2.75, 3.05) is 0 Å². The van der Waals surface area contributed by atoms with E-state index in [0.29, 0.717) is 0 Å². The van der Waals surface area contributed by atoms with Gasteiger partial charge in [-0.25, -0.2) is 5.26 Å². The fraction of sp³-hybridized carbons (Fsp3) is 0.125. The summed E-state index contributed by atoms with van der Waals surface area (Å²) in [7, 11) is 0. The number of hydrogen-bond donors (Lipinski definition) is 0. The van der Waals surface area contributed by atoms with Crippen LogP contribution in [0.4, 0.5) is 0 Å². The first-order valence-corrected chi connectivity index (χ1v) is 2.87. The van der Waals surface area contributed by atoms with Gasteiger partial charge in [0.15, 0.2) is 0 Å². The lowest BCUT2D eigenvalue weighted by atomic mass is 9.85. The minimum absolute atomic E-state index is 0.581. The van der Waals surface area contributed by atoms with Gasteiger partial charge in [0.1, 0.15) is 18.2 Å². The summed E-state index contributed by atoms with van der Waals surface area (Å²) in [6.45, 7) is 0. The number of nitrogens with zero attached hydrogens (tertiary/aromatic N) is 5. The van der Waals surface area contributed by atoms with Crippen LogP contribution in [-0.2, 0) is 0 Å². The van der Waals surface area contributed by atoms with E-state index >= 15 is 0 Å². The molecule has 0 bridgehead atoms. The van der Waals surface area contributed by atoms with Crippen LogP contribution in [0.3, 0.4) is 0 Å². The van der Waals surface area contributed by atoms with Gasteiger partial charge in [0.05, 0.1) is 0 Å². The Labute approximate surface area is 74.6 Å². The predicted octanol–water partition coefficient (Wildman–Crippen LogP) is 0.320. The zero-order chi connectivity index (χ0) is 10.3.